The molecule has 8 aromatic rings. The molecule has 0 aliphatic rings. The second-order valence-corrected chi connectivity index (χ2v) is 23.9. The lowest BCUT2D eigenvalue weighted by molar-refractivity contribution is 0.0548. The van der Waals surface area contributed by atoms with E-state index >= 15 is 0 Å². The Morgan fingerprint density at radius 1 is 0.708 bits per heavy atom. The fraction of sp³-hybridized carbons (Fsp3) is 0.333. The number of rotatable bonds is 10. The maximum atomic E-state index is 13.8. The van der Waals surface area contributed by atoms with E-state index in [2.05, 4.69) is 26.3 Å². The van der Waals surface area contributed by atoms with Crippen molar-refractivity contribution in [1.29, 1.82) is 0 Å². The predicted octanol–water partition coefficient (Wildman–Crippen LogP) is 11.7. The van der Waals surface area contributed by atoms with Gasteiger partial charge in [-0.25, -0.2) is 41.0 Å². The Hall–Kier alpha value is -7.18. The Morgan fingerprint density at radius 3 is 1.75 bits per heavy atom. The number of nitrogens with zero attached hydrogens (tertiary/aromatic N) is 4. The molecule has 18 heteroatoms. The molecule has 0 saturated heterocycles. The fourth-order valence-electron chi connectivity index (χ4n) is 8.46. The number of carbonyl (C=O) groups excluding carboxylic acids is 2. The molecule has 2 N–H and O–H groups in total. The van der Waals surface area contributed by atoms with E-state index in [9.17, 15) is 26.4 Å². The van der Waals surface area contributed by atoms with E-state index in [1.165, 1.54) is 16.6 Å². The molecule has 0 bridgehead atoms. The summed E-state index contributed by atoms with van der Waals surface area (Å²) in [5.41, 5.74) is 6.48. The summed E-state index contributed by atoms with van der Waals surface area (Å²) in [7, 11) is -0.384. The van der Waals surface area contributed by atoms with E-state index in [1.807, 2.05) is 45.3 Å². The second kappa shape index (κ2) is 19.8. The minimum atomic E-state index is -3.53. The zero-order chi connectivity index (χ0) is 52.8. The van der Waals surface area contributed by atoms with Crippen molar-refractivity contribution in [3.63, 3.8) is 0 Å². The van der Waals surface area contributed by atoms with Crippen LogP contribution in [-0.4, -0.2) is 99.6 Å². The zero-order valence-electron chi connectivity index (χ0n) is 43.2. The normalized spacial score (nSPS) is 12.2. The van der Waals surface area contributed by atoms with Crippen molar-refractivity contribution in [3.8, 4) is 33.8 Å². The molecule has 0 radical (unpaired) electrons. The largest absolute Gasteiger partial charge is 0.492 e. The molecule has 0 fully saturated rings. The zero-order valence-corrected chi connectivity index (χ0v) is 44.8. The SMILES string of the molecule is CCS(=O)(=O)c1cccc(-c2cc(N(C)C(=O)OC(C)(C)C)c(OC)c3c2c2cc(C)cnc2n3C(=O)OC(C)(C)C)c1.CCS(=O)(=O)c1cccc(-c2cc(NC)c(OC)c3[nH]c4ncc(C)cc4c23)c1. The molecular weight excluding hydrogens is 957 g/mol. The molecule has 380 valence electrons. The van der Waals surface area contributed by atoms with E-state index in [0.29, 0.717) is 49.4 Å². The molecule has 8 rings (SSSR count). The molecule has 1 amide bonds. The highest BCUT2D eigenvalue weighted by atomic mass is 32.2. The summed E-state index contributed by atoms with van der Waals surface area (Å²) in [4.78, 5) is 41.4. The first-order valence-corrected chi connectivity index (χ1v) is 26.6. The van der Waals surface area contributed by atoms with E-state index in [1.54, 1.807) is 124 Å². The maximum absolute atomic E-state index is 13.8. The molecule has 72 heavy (non-hydrogen) atoms. The van der Waals surface area contributed by atoms with Crippen LogP contribution in [0.25, 0.3) is 66.1 Å². The number of anilines is 2. The highest BCUT2D eigenvalue weighted by molar-refractivity contribution is 7.91. The van der Waals surface area contributed by atoms with Gasteiger partial charge in [-0.15, -0.1) is 0 Å². The lowest BCUT2D eigenvalue weighted by Gasteiger charge is -2.27. The number of aromatic amines is 1. The first-order valence-electron chi connectivity index (χ1n) is 23.3. The number of amides is 1. The van der Waals surface area contributed by atoms with E-state index < -0.39 is 43.1 Å². The van der Waals surface area contributed by atoms with Gasteiger partial charge in [0.1, 0.15) is 22.4 Å². The molecular formula is C54H62N6O10S2. The van der Waals surface area contributed by atoms with Crippen molar-refractivity contribution < 1.29 is 45.4 Å². The molecule has 4 aromatic carbocycles. The van der Waals surface area contributed by atoms with Crippen molar-refractivity contribution in [3.05, 3.63) is 96.3 Å². The molecule has 0 unspecified atom stereocenters. The molecule has 0 aliphatic carbocycles. The van der Waals surface area contributed by atoms with Gasteiger partial charge < -0.3 is 29.2 Å². The third kappa shape index (κ3) is 10.3. The Balaban J connectivity index is 0.000000227. The Morgan fingerprint density at radius 2 is 1.24 bits per heavy atom. The molecule has 4 aromatic heterocycles. The van der Waals surface area contributed by atoms with Crippen LogP contribution in [0.4, 0.5) is 21.0 Å². The fourth-order valence-corrected chi connectivity index (χ4v) is 10.3. The van der Waals surface area contributed by atoms with Gasteiger partial charge in [0, 0.05) is 48.0 Å². The average Bonchev–Trinajstić information content (AvgIpc) is 3.87. The van der Waals surface area contributed by atoms with Crippen molar-refractivity contribution in [2.75, 3.05) is 50.0 Å². The summed E-state index contributed by atoms with van der Waals surface area (Å²) >= 11 is 0. The van der Waals surface area contributed by atoms with Gasteiger partial charge in [-0.1, -0.05) is 38.1 Å². The van der Waals surface area contributed by atoms with Gasteiger partial charge >= 0.3 is 12.2 Å². The number of ether oxygens (including phenoxy) is 4. The monoisotopic (exact) mass is 1020 g/mol. The van der Waals surface area contributed by atoms with Crippen LogP contribution < -0.4 is 19.7 Å². The van der Waals surface area contributed by atoms with E-state index in [0.717, 1.165) is 49.9 Å². The number of nitrogens with one attached hydrogen (secondary N) is 2. The lowest BCUT2D eigenvalue weighted by Crippen LogP contribution is -2.34. The summed E-state index contributed by atoms with van der Waals surface area (Å²) in [5, 5.41) is 6.32. The summed E-state index contributed by atoms with van der Waals surface area (Å²) in [5.74, 6) is 0.902. The number of pyridine rings is 2. The Bertz CT molecular complexity index is 3660. The molecule has 16 nitrogen and oxygen atoms in total. The van der Waals surface area contributed by atoms with Gasteiger partial charge in [0.05, 0.1) is 52.4 Å². The molecule has 0 saturated carbocycles. The van der Waals surface area contributed by atoms with Gasteiger partial charge in [0.15, 0.2) is 36.8 Å². The number of benzene rings is 4. The van der Waals surface area contributed by atoms with Crippen LogP contribution in [0.2, 0.25) is 0 Å². The van der Waals surface area contributed by atoms with Gasteiger partial charge in [-0.3, -0.25) is 4.90 Å². The van der Waals surface area contributed by atoms with Crippen LogP contribution in [0, 0.1) is 13.8 Å². The third-order valence-electron chi connectivity index (χ3n) is 11.8. The number of hydrogen-bond donors (Lipinski definition) is 2. The first kappa shape index (κ1) is 52.6. The smallest absolute Gasteiger partial charge is 0.420 e. The lowest BCUT2D eigenvalue weighted by atomic mass is 9.97. The standard InChI is InChI=1S/C32H39N3O7S.C22H23N3O3S/c1-11-43(38,39)21-14-12-13-20(16-21)22-17-24(34(9)29(36)41-31(3,4)5)27(40-10)26-25(22)23-15-19(2)18-33-28(23)35(26)30(37)42-32(6,7)8;1-5-29(26,27)15-8-6-7-14(10-15)16-11-18(23-3)21(28-4)20-19(16)17-9-13(2)12-24-22(17)25-20/h12-18H,11H2,1-10H3;6-12,23H,5H2,1-4H3,(H,24,25). The summed E-state index contributed by atoms with van der Waals surface area (Å²) < 4.78 is 75.0. The third-order valence-corrected chi connectivity index (χ3v) is 15.3. The van der Waals surface area contributed by atoms with Crippen LogP contribution in [0.3, 0.4) is 0 Å². The highest BCUT2D eigenvalue weighted by Gasteiger charge is 2.32. The van der Waals surface area contributed by atoms with Gasteiger partial charge in [0.25, 0.3) is 0 Å². The summed E-state index contributed by atoms with van der Waals surface area (Å²) in [6.45, 7) is 17.7. The van der Waals surface area contributed by atoms with Gasteiger partial charge in [-0.05, 0) is 137 Å². The number of carbonyl (C=O) groups is 2. The van der Waals surface area contributed by atoms with Gasteiger partial charge in [-0.2, -0.15) is 0 Å². The molecule has 0 aliphatic heterocycles. The van der Waals surface area contributed by atoms with Gasteiger partial charge in [0.2, 0.25) is 0 Å². The predicted molar refractivity (Wildman–Crippen MR) is 286 cm³/mol. The Labute approximate surface area is 420 Å². The minimum absolute atomic E-state index is 0.0619. The van der Waals surface area contributed by atoms with Crippen LogP contribution in [0.1, 0.15) is 66.5 Å². The van der Waals surface area contributed by atoms with Crippen LogP contribution in [-0.2, 0) is 29.1 Å². The van der Waals surface area contributed by atoms with Crippen molar-refractivity contribution >= 4 is 87.1 Å². The average molecular weight is 1020 g/mol. The number of fused-ring (bicyclic) bond motifs is 6. The van der Waals surface area contributed by atoms with Crippen LogP contribution in [0.15, 0.2) is 95.0 Å². The number of aromatic nitrogens is 4. The van der Waals surface area contributed by atoms with Crippen molar-refractivity contribution in [2.45, 2.75) is 90.2 Å². The van der Waals surface area contributed by atoms with Crippen LogP contribution in [0.5, 0.6) is 11.5 Å². The molecule has 0 atom stereocenters. The molecule has 0 spiro atoms. The van der Waals surface area contributed by atoms with E-state index in [4.69, 9.17) is 18.9 Å². The van der Waals surface area contributed by atoms with Crippen LogP contribution >= 0.6 is 0 Å². The molecule has 4 heterocycles. The van der Waals surface area contributed by atoms with Crippen molar-refractivity contribution in [2.24, 2.45) is 0 Å². The first-order chi connectivity index (χ1) is 33.8. The highest BCUT2D eigenvalue weighted by Crippen LogP contribution is 2.48. The minimum Gasteiger partial charge on any atom is -0.492 e. The number of sulfone groups is 2. The Kier molecular flexibility index (Phi) is 14.5. The quantitative estimate of drug-likeness (QED) is 0.131. The summed E-state index contributed by atoms with van der Waals surface area (Å²) in [6, 6.07) is 21.4. The topological polar surface area (TPSA) is 201 Å². The number of H-pyrrole nitrogens is 1. The second-order valence-electron chi connectivity index (χ2n) is 19.3. The van der Waals surface area contributed by atoms with Crippen molar-refractivity contribution in [1.82, 2.24) is 19.5 Å². The summed E-state index contributed by atoms with van der Waals surface area (Å²) in [6.07, 6.45) is 2.13. The number of hydrogen-bond acceptors (Lipinski definition) is 13. The number of methoxy groups -OCH3 is 2. The van der Waals surface area contributed by atoms with E-state index in [-0.39, 0.29) is 22.2 Å². The number of aryl methyl sites for hydroxylation is 2. The maximum Gasteiger partial charge on any atom is 0.420 e.